The van der Waals surface area contributed by atoms with Crippen molar-refractivity contribution in [2.45, 2.75) is 32.1 Å². The van der Waals surface area contributed by atoms with Crippen molar-refractivity contribution >= 4 is 23.0 Å². The van der Waals surface area contributed by atoms with Gasteiger partial charge in [0.15, 0.2) is 0 Å². The molecule has 1 aliphatic carbocycles. The minimum absolute atomic E-state index is 0.246. The number of aromatic nitrogens is 1. The molecule has 0 amide bonds. The van der Waals surface area contributed by atoms with Crippen LogP contribution in [0.2, 0.25) is 0 Å². The number of hydrogen-bond donors (Lipinski definition) is 2. The van der Waals surface area contributed by atoms with Crippen LogP contribution in [-0.2, 0) is 6.42 Å². The van der Waals surface area contributed by atoms with Gasteiger partial charge in [0.05, 0.1) is 16.9 Å². The molecule has 6 heteroatoms. The summed E-state index contributed by atoms with van der Waals surface area (Å²) in [5.74, 6) is -0.916. The number of halogens is 1. The monoisotopic (exact) mass is 419 g/mol. The van der Waals surface area contributed by atoms with E-state index in [0.29, 0.717) is 23.8 Å². The normalized spacial score (nSPS) is 15.3. The first-order valence-corrected chi connectivity index (χ1v) is 10.5. The molecule has 1 aliphatic rings. The van der Waals surface area contributed by atoms with E-state index in [9.17, 15) is 14.3 Å². The number of nitrogens with zero attached hydrogens (tertiary/aromatic N) is 2. The van der Waals surface area contributed by atoms with Crippen molar-refractivity contribution in [2.24, 2.45) is 0 Å². The van der Waals surface area contributed by atoms with Crippen molar-refractivity contribution in [3.05, 3.63) is 82.9 Å². The van der Waals surface area contributed by atoms with Crippen LogP contribution in [0.4, 0.5) is 21.5 Å². The Labute approximate surface area is 181 Å². The van der Waals surface area contributed by atoms with E-state index in [1.165, 1.54) is 35.5 Å². The molecular weight excluding hydrogens is 393 g/mol. The summed E-state index contributed by atoms with van der Waals surface area (Å²) < 4.78 is 13.6. The Morgan fingerprint density at radius 3 is 2.81 bits per heavy atom. The summed E-state index contributed by atoms with van der Waals surface area (Å²) in [7, 11) is 1.94. The molecule has 0 bridgehead atoms. The van der Waals surface area contributed by atoms with Crippen molar-refractivity contribution in [3.63, 3.8) is 0 Å². The van der Waals surface area contributed by atoms with Crippen LogP contribution in [0.1, 0.15) is 45.9 Å². The molecule has 0 radical (unpaired) electrons. The largest absolute Gasteiger partial charge is 0.478 e. The van der Waals surface area contributed by atoms with E-state index < -0.39 is 5.97 Å². The number of benzene rings is 2. The number of fused-ring (bicyclic) bond motifs is 1. The Bertz CT molecular complexity index is 1120. The van der Waals surface area contributed by atoms with Gasteiger partial charge in [0, 0.05) is 37.1 Å². The number of nitrogens with one attached hydrogen (secondary N) is 1. The molecule has 2 N–H and O–H groups in total. The minimum atomic E-state index is -0.956. The number of aromatic carboxylic acids is 1. The standard InChI is InChI=1S/C25H26FN3O2/c1-16-24(23(25(30)31)11-12-27-16)28-15-18-6-3-5-17-13-21(9-10-22(17)18)29(2)20-8-4-7-19(26)14-20/h4,7-14,18,28H,3,5-6,15H2,1-2H3,(H,30,31)/t18-/m0/s1. The Morgan fingerprint density at radius 2 is 2.03 bits per heavy atom. The predicted molar refractivity (Wildman–Crippen MR) is 121 cm³/mol. The van der Waals surface area contributed by atoms with Crippen LogP contribution in [0.15, 0.2) is 54.7 Å². The lowest BCUT2D eigenvalue weighted by Crippen LogP contribution is -2.20. The summed E-state index contributed by atoms with van der Waals surface area (Å²) in [6.07, 6.45) is 4.64. The smallest absolute Gasteiger partial charge is 0.337 e. The van der Waals surface area contributed by atoms with Crippen LogP contribution in [-0.4, -0.2) is 29.7 Å². The molecule has 0 unspecified atom stereocenters. The first-order chi connectivity index (χ1) is 14.9. The summed E-state index contributed by atoms with van der Waals surface area (Å²) in [5, 5.41) is 12.8. The van der Waals surface area contributed by atoms with E-state index in [-0.39, 0.29) is 11.4 Å². The van der Waals surface area contributed by atoms with E-state index in [1.54, 1.807) is 6.07 Å². The van der Waals surface area contributed by atoms with Crippen LogP contribution >= 0.6 is 0 Å². The van der Waals surface area contributed by atoms with Crippen molar-refractivity contribution in [3.8, 4) is 0 Å². The van der Waals surface area contributed by atoms with Gasteiger partial charge in [-0.15, -0.1) is 0 Å². The molecular formula is C25H26FN3O2. The summed E-state index contributed by atoms with van der Waals surface area (Å²) in [4.78, 5) is 17.8. The highest BCUT2D eigenvalue weighted by Crippen LogP contribution is 2.36. The number of carboxylic acids is 1. The molecule has 1 atom stereocenters. The minimum Gasteiger partial charge on any atom is -0.478 e. The molecule has 0 spiro atoms. The first-order valence-electron chi connectivity index (χ1n) is 10.5. The zero-order valence-corrected chi connectivity index (χ0v) is 17.7. The lowest BCUT2D eigenvalue weighted by molar-refractivity contribution is 0.0697. The average Bonchev–Trinajstić information content (AvgIpc) is 2.77. The average molecular weight is 420 g/mol. The lowest BCUT2D eigenvalue weighted by Gasteiger charge is -2.29. The van der Waals surface area contributed by atoms with Gasteiger partial charge in [0.2, 0.25) is 0 Å². The lowest BCUT2D eigenvalue weighted by atomic mass is 9.82. The number of carboxylic acid groups (broad SMARTS) is 1. The highest BCUT2D eigenvalue weighted by molar-refractivity contribution is 5.94. The summed E-state index contributed by atoms with van der Waals surface area (Å²) >= 11 is 0. The molecule has 0 aliphatic heterocycles. The quantitative estimate of drug-likeness (QED) is 0.550. The van der Waals surface area contributed by atoms with Crippen molar-refractivity contribution in [2.75, 3.05) is 23.8 Å². The highest BCUT2D eigenvalue weighted by atomic mass is 19.1. The Balaban J connectivity index is 1.55. The molecule has 1 heterocycles. The number of carbonyl (C=O) groups is 1. The van der Waals surface area contributed by atoms with Crippen molar-refractivity contribution < 1.29 is 14.3 Å². The Morgan fingerprint density at radius 1 is 1.23 bits per heavy atom. The van der Waals surface area contributed by atoms with Gasteiger partial charge >= 0.3 is 5.97 Å². The van der Waals surface area contributed by atoms with E-state index in [1.807, 2.05) is 24.9 Å². The van der Waals surface area contributed by atoms with Crippen LogP contribution in [0.3, 0.4) is 0 Å². The molecule has 160 valence electrons. The van der Waals surface area contributed by atoms with Gasteiger partial charge in [-0.25, -0.2) is 9.18 Å². The topological polar surface area (TPSA) is 65.5 Å². The molecule has 0 fully saturated rings. The van der Waals surface area contributed by atoms with Crippen molar-refractivity contribution in [1.29, 1.82) is 0 Å². The molecule has 31 heavy (non-hydrogen) atoms. The van der Waals surface area contributed by atoms with E-state index in [2.05, 4.69) is 28.5 Å². The number of rotatable bonds is 6. The third-order valence-electron chi connectivity index (χ3n) is 6.04. The van der Waals surface area contributed by atoms with Gasteiger partial charge in [-0.05, 0) is 73.7 Å². The maximum Gasteiger partial charge on any atom is 0.337 e. The zero-order valence-electron chi connectivity index (χ0n) is 17.7. The Kier molecular flexibility index (Phi) is 5.89. The number of aryl methyl sites for hydroxylation is 2. The highest BCUT2D eigenvalue weighted by Gasteiger charge is 2.22. The molecule has 0 saturated heterocycles. The fourth-order valence-corrected chi connectivity index (χ4v) is 4.35. The molecule has 3 aromatic rings. The van der Waals surface area contributed by atoms with Gasteiger partial charge in [-0.3, -0.25) is 4.98 Å². The molecule has 5 nitrogen and oxygen atoms in total. The predicted octanol–water partition coefficient (Wildman–Crippen LogP) is 5.53. The Hall–Kier alpha value is -3.41. The second-order valence-electron chi connectivity index (χ2n) is 8.02. The van der Waals surface area contributed by atoms with E-state index >= 15 is 0 Å². The van der Waals surface area contributed by atoms with Gasteiger partial charge < -0.3 is 15.3 Å². The van der Waals surface area contributed by atoms with Gasteiger partial charge in [-0.2, -0.15) is 0 Å². The molecule has 1 aromatic heterocycles. The molecule has 4 rings (SSSR count). The number of pyridine rings is 1. The van der Waals surface area contributed by atoms with E-state index in [0.717, 1.165) is 30.6 Å². The number of hydrogen-bond acceptors (Lipinski definition) is 4. The molecule has 2 aromatic carbocycles. The summed E-state index contributed by atoms with van der Waals surface area (Å²) in [5.41, 5.74) is 5.92. The second-order valence-corrected chi connectivity index (χ2v) is 8.02. The third-order valence-corrected chi connectivity index (χ3v) is 6.04. The van der Waals surface area contributed by atoms with E-state index in [4.69, 9.17) is 0 Å². The van der Waals surface area contributed by atoms with Crippen LogP contribution in [0.5, 0.6) is 0 Å². The van der Waals surface area contributed by atoms with Crippen LogP contribution < -0.4 is 10.2 Å². The van der Waals surface area contributed by atoms with Gasteiger partial charge in [0.1, 0.15) is 5.82 Å². The summed E-state index contributed by atoms with van der Waals surface area (Å²) in [6, 6.07) is 14.5. The van der Waals surface area contributed by atoms with Crippen LogP contribution in [0.25, 0.3) is 0 Å². The third kappa shape index (κ3) is 4.38. The maximum absolute atomic E-state index is 13.6. The van der Waals surface area contributed by atoms with Gasteiger partial charge in [-0.1, -0.05) is 12.1 Å². The number of anilines is 3. The van der Waals surface area contributed by atoms with Crippen molar-refractivity contribution in [1.82, 2.24) is 4.98 Å². The second kappa shape index (κ2) is 8.76. The fourth-order valence-electron chi connectivity index (χ4n) is 4.35. The maximum atomic E-state index is 13.6. The summed E-state index contributed by atoms with van der Waals surface area (Å²) in [6.45, 7) is 2.47. The first kappa shape index (κ1) is 20.8. The fraction of sp³-hybridized carbons (Fsp3) is 0.280. The molecule has 0 saturated carbocycles. The van der Waals surface area contributed by atoms with Gasteiger partial charge in [0.25, 0.3) is 0 Å². The zero-order chi connectivity index (χ0) is 22.0. The SMILES string of the molecule is Cc1nccc(C(=O)O)c1NC[C@@H]1CCCc2cc(N(C)c3cccc(F)c3)ccc21. The van der Waals surface area contributed by atoms with Crippen LogP contribution in [0, 0.1) is 12.7 Å².